The number of nitrogens with one attached hydrogen (secondary N) is 1. The van der Waals surface area contributed by atoms with Crippen molar-refractivity contribution in [2.45, 2.75) is 37.9 Å². The second kappa shape index (κ2) is 9.74. The molecule has 3 atom stereocenters. The number of aliphatic hydroxyl groups is 1. The Hall–Kier alpha value is -2.32. The normalized spacial score (nSPS) is 21.9. The lowest BCUT2D eigenvalue weighted by Crippen LogP contribution is -2.59. The molecular weight excluding hydrogens is 473 g/mol. The third-order valence-electron chi connectivity index (χ3n) is 7.09. The van der Waals surface area contributed by atoms with Crippen molar-refractivity contribution in [3.8, 4) is 0 Å². The molecule has 2 unspecified atom stereocenters. The molecule has 0 saturated carbocycles. The fraction of sp³-hybridized carbons (Fsp3) is 0.440. The van der Waals surface area contributed by atoms with Crippen LogP contribution in [0.1, 0.15) is 31.4 Å². The van der Waals surface area contributed by atoms with Gasteiger partial charge in [-0.3, -0.25) is 4.79 Å². The number of hydrogen-bond donors (Lipinski definition) is 2. The summed E-state index contributed by atoms with van der Waals surface area (Å²) in [6.45, 7) is 4.82. The van der Waals surface area contributed by atoms with Crippen molar-refractivity contribution < 1.29 is 9.90 Å². The van der Waals surface area contributed by atoms with Crippen LogP contribution in [-0.4, -0.2) is 70.3 Å². The van der Waals surface area contributed by atoms with E-state index in [0.29, 0.717) is 29.7 Å². The Morgan fingerprint density at radius 1 is 1.24 bits per heavy atom. The number of anilines is 1. The van der Waals surface area contributed by atoms with E-state index >= 15 is 0 Å². The number of carbonyl (C=O) groups is 1. The minimum absolute atomic E-state index is 0.0245. The van der Waals surface area contributed by atoms with Gasteiger partial charge in [0.2, 0.25) is 5.91 Å². The number of fused-ring (bicyclic) bond motifs is 1. The van der Waals surface area contributed by atoms with Gasteiger partial charge in [-0.15, -0.1) is 0 Å². The number of benzene rings is 2. The largest absolute Gasteiger partial charge is 0.394 e. The molecule has 3 heterocycles. The third-order valence-corrected chi connectivity index (χ3v) is 7.65. The van der Waals surface area contributed by atoms with E-state index in [1.165, 1.54) is 0 Å². The van der Waals surface area contributed by atoms with E-state index in [-0.39, 0.29) is 30.6 Å². The lowest BCUT2D eigenvalue weighted by molar-refractivity contribution is -0.136. The van der Waals surface area contributed by atoms with E-state index in [1.54, 1.807) is 6.07 Å². The molecule has 0 bridgehead atoms. The molecule has 0 radical (unpaired) electrons. The molecule has 0 aliphatic carbocycles. The van der Waals surface area contributed by atoms with Crippen molar-refractivity contribution in [2.75, 3.05) is 37.7 Å². The maximum atomic E-state index is 13.0. The zero-order valence-corrected chi connectivity index (χ0v) is 20.6. The maximum Gasteiger partial charge on any atom is 0.240 e. The van der Waals surface area contributed by atoms with Crippen LogP contribution in [0.3, 0.4) is 0 Å². The summed E-state index contributed by atoms with van der Waals surface area (Å²) in [5, 5.41) is 14.6. The molecule has 1 amide bonds. The zero-order chi connectivity index (χ0) is 23.8. The molecule has 180 valence electrons. The zero-order valence-electron chi connectivity index (χ0n) is 19.1. The van der Waals surface area contributed by atoms with Gasteiger partial charge in [-0.25, -0.2) is 4.98 Å². The lowest BCUT2D eigenvalue weighted by Gasteiger charge is -2.42. The van der Waals surface area contributed by atoms with Gasteiger partial charge < -0.3 is 24.8 Å². The molecule has 2 fully saturated rings. The highest BCUT2D eigenvalue weighted by Crippen LogP contribution is 2.32. The number of aliphatic hydroxyl groups excluding tert-OH is 1. The minimum Gasteiger partial charge on any atom is -0.394 e. The van der Waals surface area contributed by atoms with Crippen molar-refractivity contribution in [1.82, 2.24) is 19.8 Å². The standard InChI is InChI=1S/C25H29Cl2N5O2/c1-16(20-6-4-17(26)11-21(20)27)32-15-29-22-7-5-18(12-24(22)32)30-9-10-31(19(13-30)14-33)25(34)23-3-2-8-28-23/h4-7,11-12,15-16,19,23,28,33H,2-3,8-10,13-14H2,1H3/t16-,19?,23?/m1/s1. The number of halogens is 2. The highest BCUT2D eigenvalue weighted by Gasteiger charge is 2.35. The summed E-state index contributed by atoms with van der Waals surface area (Å²) in [7, 11) is 0. The third kappa shape index (κ3) is 4.38. The van der Waals surface area contributed by atoms with Crippen LogP contribution in [0.2, 0.25) is 10.0 Å². The van der Waals surface area contributed by atoms with Crippen LogP contribution in [0.25, 0.3) is 11.0 Å². The summed E-state index contributed by atoms with van der Waals surface area (Å²) in [5.74, 6) is 0.110. The molecule has 5 rings (SSSR count). The van der Waals surface area contributed by atoms with Gasteiger partial charge in [-0.2, -0.15) is 0 Å². The Morgan fingerprint density at radius 2 is 2.09 bits per heavy atom. The summed E-state index contributed by atoms with van der Waals surface area (Å²) in [5.41, 5.74) is 3.93. The number of hydrogen-bond acceptors (Lipinski definition) is 5. The van der Waals surface area contributed by atoms with Gasteiger partial charge in [-0.05, 0) is 62.2 Å². The van der Waals surface area contributed by atoms with Gasteiger partial charge in [0.25, 0.3) is 0 Å². The monoisotopic (exact) mass is 501 g/mol. The second-order valence-corrected chi connectivity index (χ2v) is 9.97. The molecule has 2 N–H and O–H groups in total. The first-order valence-electron chi connectivity index (χ1n) is 11.8. The molecule has 2 aliphatic rings. The highest BCUT2D eigenvalue weighted by molar-refractivity contribution is 6.35. The molecular formula is C25H29Cl2N5O2. The van der Waals surface area contributed by atoms with E-state index in [1.807, 2.05) is 29.4 Å². The van der Waals surface area contributed by atoms with Gasteiger partial charge >= 0.3 is 0 Å². The van der Waals surface area contributed by atoms with E-state index < -0.39 is 0 Å². The number of carbonyl (C=O) groups excluding carboxylic acids is 1. The molecule has 0 spiro atoms. The number of nitrogens with zero attached hydrogens (tertiary/aromatic N) is 4. The van der Waals surface area contributed by atoms with Gasteiger partial charge in [0.15, 0.2) is 0 Å². The first-order valence-corrected chi connectivity index (χ1v) is 12.5. The summed E-state index contributed by atoms with van der Waals surface area (Å²) in [6.07, 6.45) is 3.73. The topological polar surface area (TPSA) is 73.6 Å². The van der Waals surface area contributed by atoms with Crippen molar-refractivity contribution in [3.05, 3.63) is 58.3 Å². The highest BCUT2D eigenvalue weighted by atomic mass is 35.5. The van der Waals surface area contributed by atoms with E-state index in [2.05, 4.69) is 38.8 Å². The molecule has 1 aromatic heterocycles. The molecule has 7 nitrogen and oxygen atoms in total. The van der Waals surface area contributed by atoms with E-state index in [0.717, 1.165) is 41.7 Å². The molecule has 2 saturated heterocycles. The fourth-order valence-electron chi connectivity index (χ4n) is 5.14. The fourth-order valence-corrected chi connectivity index (χ4v) is 5.71. The Balaban J connectivity index is 1.39. The van der Waals surface area contributed by atoms with Crippen molar-refractivity contribution >= 4 is 45.8 Å². The molecule has 34 heavy (non-hydrogen) atoms. The van der Waals surface area contributed by atoms with Crippen LogP contribution < -0.4 is 10.2 Å². The van der Waals surface area contributed by atoms with Crippen molar-refractivity contribution in [2.24, 2.45) is 0 Å². The molecule has 3 aromatic rings. The minimum atomic E-state index is -0.226. The average Bonchev–Trinajstić information content (AvgIpc) is 3.53. The first-order chi connectivity index (χ1) is 16.5. The summed E-state index contributed by atoms with van der Waals surface area (Å²) >= 11 is 12.6. The Kier molecular flexibility index (Phi) is 6.71. The predicted molar refractivity (Wildman–Crippen MR) is 136 cm³/mol. The van der Waals surface area contributed by atoms with Crippen LogP contribution in [0.5, 0.6) is 0 Å². The molecule has 2 aliphatic heterocycles. The van der Waals surface area contributed by atoms with Gasteiger partial charge in [0.05, 0.1) is 42.1 Å². The van der Waals surface area contributed by atoms with Crippen molar-refractivity contribution in [3.63, 3.8) is 0 Å². The van der Waals surface area contributed by atoms with Gasteiger partial charge in [-0.1, -0.05) is 29.3 Å². The van der Waals surface area contributed by atoms with Crippen LogP contribution >= 0.6 is 23.2 Å². The number of amides is 1. The number of piperazine rings is 1. The first kappa shape index (κ1) is 23.4. The Bertz CT molecular complexity index is 1190. The van der Waals surface area contributed by atoms with Gasteiger partial charge in [0, 0.05) is 35.4 Å². The Labute approximate surface area is 209 Å². The lowest BCUT2D eigenvalue weighted by atomic mass is 10.1. The average molecular weight is 502 g/mol. The van der Waals surface area contributed by atoms with Crippen LogP contribution in [-0.2, 0) is 4.79 Å². The number of rotatable bonds is 5. The molecule has 9 heteroatoms. The van der Waals surface area contributed by atoms with Crippen LogP contribution in [0.15, 0.2) is 42.7 Å². The maximum absolute atomic E-state index is 13.0. The number of aromatic nitrogens is 2. The van der Waals surface area contributed by atoms with E-state index in [4.69, 9.17) is 23.2 Å². The Morgan fingerprint density at radius 3 is 2.82 bits per heavy atom. The summed E-state index contributed by atoms with van der Waals surface area (Å²) in [6, 6.07) is 11.4. The van der Waals surface area contributed by atoms with Gasteiger partial charge in [0.1, 0.15) is 0 Å². The van der Waals surface area contributed by atoms with E-state index in [9.17, 15) is 9.90 Å². The molecule has 2 aromatic carbocycles. The summed E-state index contributed by atoms with van der Waals surface area (Å²) in [4.78, 5) is 21.6. The quantitative estimate of drug-likeness (QED) is 0.557. The SMILES string of the molecule is C[C@H](c1ccc(Cl)cc1Cl)n1cnc2ccc(N3CCN(C(=O)C4CCCN4)C(CO)C3)cc21. The van der Waals surface area contributed by atoms with Crippen LogP contribution in [0.4, 0.5) is 5.69 Å². The van der Waals surface area contributed by atoms with Crippen molar-refractivity contribution in [1.29, 1.82) is 0 Å². The predicted octanol–water partition coefficient (Wildman–Crippen LogP) is 3.71. The second-order valence-electron chi connectivity index (χ2n) is 9.13. The summed E-state index contributed by atoms with van der Waals surface area (Å²) < 4.78 is 2.11. The number of imidazole rings is 1. The van der Waals surface area contributed by atoms with Crippen LogP contribution in [0, 0.1) is 0 Å². The smallest absolute Gasteiger partial charge is 0.240 e.